The number of carbonyl (C=O) groups is 2. The normalized spacial score (nSPS) is 10.4. The molecule has 0 unspecified atom stereocenters. The predicted molar refractivity (Wildman–Crippen MR) is 89.7 cm³/mol. The Bertz CT molecular complexity index is 1110. The molecule has 0 aliphatic heterocycles. The van der Waals surface area contributed by atoms with Gasteiger partial charge in [-0.25, -0.2) is 4.79 Å². The standard InChI is InChI=1S/C15H8N6O6/c1-6-9(5-16)14(23)17-12(20-26)11(6)19-18-10-4-7(13(22)21-27)2-3-8(10)15(24)25/h2-4H,1H3,(H,17,23)(H,24,25). The number of amides is 1. The molecular weight excluding hydrogens is 360 g/mol. The summed E-state index contributed by atoms with van der Waals surface area (Å²) in [6.07, 6.45) is 0. The number of nitriles is 1. The van der Waals surface area contributed by atoms with Crippen LogP contribution in [-0.2, 0) is 0 Å². The van der Waals surface area contributed by atoms with Crippen LogP contribution in [0.3, 0.4) is 0 Å². The number of carboxylic acids is 1. The van der Waals surface area contributed by atoms with Crippen molar-refractivity contribution in [1.82, 2.24) is 4.98 Å². The van der Waals surface area contributed by atoms with Crippen molar-refractivity contribution in [2.45, 2.75) is 6.92 Å². The molecule has 2 rings (SSSR count). The number of nitrogens with zero attached hydrogens (tertiary/aromatic N) is 5. The number of azo groups is 1. The summed E-state index contributed by atoms with van der Waals surface area (Å²) in [5.74, 6) is -3.06. The number of aromatic amines is 1. The van der Waals surface area contributed by atoms with E-state index < -0.39 is 23.3 Å². The summed E-state index contributed by atoms with van der Waals surface area (Å²) in [5, 5.41) is 30.4. The zero-order valence-electron chi connectivity index (χ0n) is 13.5. The third-order valence-corrected chi connectivity index (χ3v) is 3.43. The first kappa shape index (κ1) is 18.9. The maximum atomic E-state index is 11.7. The van der Waals surface area contributed by atoms with E-state index in [0.717, 1.165) is 18.2 Å². The molecule has 0 bridgehead atoms. The van der Waals surface area contributed by atoms with E-state index in [4.69, 9.17) is 5.26 Å². The molecule has 0 aliphatic rings. The molecule has 0 saturated carbocycles. The van der Waals surface area contributed by atoms with E-state index >= 15 is 0 Å². The summed E-state index contributed by atoms with van der Waals surface area (Å²) in [6, 6.07) is 4.70. The SMILES string of the molecule is Cc1c(N=Nc2cc(C(=O)N=O)ccc2C(=O)O)c(N=O)[nH]c(=O)c1C#N. The number of carbonyl (C=O) groups excluding carboxylic acids is 1. The Morgan fingerprint density at radius 1 is 1.22 bits per heavy atom. The molecule has 0 fully saturated rings. The number of H-pyrrole nitrogens is 1. The van der Waals surface area contributed by atoms with Gasteiger partial charge in [0.05, 0.1) is 5.56 Å². The Morgan fingerprint density at radius 2 is 1.93 bits per heavy atom. The minimum Gasteiger partial charge on any atom is -0.478 e. The largest absolute Gasteiger partial charge is 0.478 e. The van der Waals surface area contributed by atoms with Gasteiger partial charge in [-0.2, -0.15) is 5.26 Å². The Kier molecular flexibility index (Phi) is 5.37. The Morgan fingerprint density at radius 3 is 2.48 bits per heavy atom. The number of aromatic nitrogens is 1. The average molecular weight is 368 g/mol. The van der Waals surface area contributed by atoms with Crippen molar-refractivity contribution in [1.29, 1.82) is 5.26 Å². The van der Waals surface area contributed by atoms with E-state index in [1.807, 2.05) is 0 Å². The van der Waals surface area contributed by atoms with Gasteiger partial charge in [0.1, 0.15) is 23.0 Å². The molecule has 0 spiro atoms. The summed E-state index contributed by atoms with van der Waals surface area (Å²) in [6.45, 7) is 1.32. The first-order valence-corrected chi connectivity index (χ1v) is 7.01. The molecule has 0 saturated heterocycles. The molecule has 1 amide bonds. The highest BCUT2D eigenvalue weighted by molar-refractivity contribution is 5.99. The Balaban J connectivity index is 2.68. The lowest BCUT2D eigenvalue weighted by Crippen LogP contribution is -2.11. The van der Waals surface area contributed by atoms with Crippen LogP contribution in [0.5, 0.6) is 0 Å². The fourth-order valence-electron chi connectivity index (χ4n) is 2.10. The smallest absolute Gasteiger partial charge is 0.337 e. The topological polar surface area (TPSA) is 195 Å². The van der Waals surface area contributed by atoms with E-state index in [9.17, 15) is 29.3 Å². The van der Waals surface area contributed by atoms with Crippen molar-refractivity contribution in [3.63, 3.8) is 0 Å². The lowest BCUT2D eigenvalue weighted by Gasteiger charge is -2.04. The van der Waals surface area contributed by atoms with Crippen molar-refractivity contribution in [3.8, 4) is 6.07 Å². The van der Waals surface area contributed by atoms with Gasteiger partial charge in [0.15, 0.2) is 0 Å². The molecule has 1 aromatic carbocycles. The predicted octanol–water partition coefficient (Wildman–Crippen LogP) is 2.97. The van der Waals surface area contributed by atoms with Gasteiger partial charge in [0.2, 0.25) is 5.82 Å². The van der Waals surface area contributed by atoms with E-state index in [2.05, 4.69) is 25.6 Å². The van der Waals surface area contributed by atoms with Crippen LogP contribution in [0.4, 0.5) is 17.2 Å². The van der Waals surface area contributed by atoms with Crippen molar-refractivity contribution < 1.29 is 14.7 Å². The van der Waals surface area contributed by atoms with Gasteiger partial charge in [0, 0.05) is 16.3 Å². The molecule has 12 heteroatoms. The van der Waals surface area contributed by atoms with Crippen LogP contribution in [-0.4, -0.2) is 22.0 Å². The minimum atomic E-state index is -1.40. The average Bonchev–Trinajstić information content (AvgIpc) is 2.66. The number of rotatable bonds is 5. The maximum absolute atomic E-state index is 11.7. The molecule has 0 radical (unpaired) electrons. The second-order valence-corrected chi connectivity index (χ2v) is 4.99. The summed E-state index contributed by atoms with van der Waals surface area (Å²) in [7, 11) is 0. The minimum absolute atomic E-state index is 0.00161. The summed E-state index contributed by atoms with van der Waals surface area (Å²) in [4.78, 5) is 57.7. The number of nitrogens with one attached hydrogen (secondary N) is 1. The van der Waals surface area contributed by atoms with Crippen molar-refractivity contribution in [2.75, 3.05) is 0 Å². The van der Waals surface area contributed by atoms with Crippen LogP contribution in [0.15, 0.2) is 43.6 Å². The number of hydrogen-bond donors (Lipinski definition) is 2. The van der Waals surface area contributed by atoms with Gasteiger partial charge < -0.3 is 10.1 Å². The van der Waals surface area contributed by atoms with Gasteiger partial charge in [-0.1, -0.05) is 0 Å². The molecule has 2 N–H and O–H groups in total. The molecule has 12 nitrogen and oxygen atoms in total. The molecule has 134 valence electrons. The van der Waals surface area contributed by atoms with Crippen molar-refractivity contribution in [2.24, 2.45) is 20.6 Å². The molecule has 0 aliphatic carbocycles. The van der Waals surface area contributed by atoms with E-state index in [0.29, 0.717) is 0 Å². The molecule has 27 heavy (non-hydrogen) atoms. The van der Waals surface area contributed by atoms with Crippen molar-refractivity contribution in [3.05, 3.63) is 60.6 Å². The zero-order valence-corrected chi connectivity index (χ0v) is 13.5. The van der Waals surface area contributed by atoms with Gasteiger partial charge in [-0.3, -0.25) is 9.59 Å². The summed E-state index contributed by atoms with van der Waals surface area (Å²) >= 11 is 0. The first-order chi connectivity index (χ1) is 12.8. The molecule has 0 atom stereocenters. The molecule has 1 aromatic heterocycles. The maximum Gasteiger partial charge on any atom is 0.337 e. The zero-order chi connectivity index (χ0) is 20.1. The second kappa shape index (κ2) is 7.66. The van der Waals surface area contributed by atoms with Crippen LogP contribution >= 0.6 is 0 Å². The number of aromatic carboxylic acids is 1. The van der Waals surface area contributed by atoms with Crippen molar-refractivity contribution >= 4 is 29.1 Å². The Hall–Kier alpha value is -4.40. The molecule has 2 aromatic rings. The Labute approximate surface area is 149 Å². The van der Waals surface area contributed by atoms with Crippen LogP contribution in [0, 0.1) is 28.1 Å². The number of carboxylic acid groups (broad SMARTS) is 1. The third-order valence-electron chi connectivity index (χ3n) is 3.43. The van der Waals surface area contributed by atoms with Gasteiger partial charge >= 0.3 is 11.9 Å². The number of hydrogen-bond acceptors (Lipinski definition) is 9. The van der Waals surface area contributed by atoms with Gasteiger partial charge in [-0.15, -0.1) is 20.0 Å². The lowest BCUT2D eigenvalue weighted by atomic mass is 10.1. The highest BCUT2D eigenvalue weighted by Crippen LogP contribution is 2.32. The van der Waals surface area contributed by atoms with Gasteiger partial charge in [-0.05, 0) is 30.3 Å². The number of benzene rings is 1. The quantitative estimate of drug-likeness (QED) is 0.597. The summed E-state index contributed by atoms with van der Waals surface area (Å²) < 4.78 is 0. The third kappa shape index (κ3) is 3.66. The van der Waals surface area contributed by atoms with Gasteiger partial charge in [0.25, 0.3) is 5.56 Å². The monoisotopic (exact) mass is 368 g/mol. The van der Waals surface area contributed by atoms with E-state index in [1.54, 1.807) is 6.07 Å². The highest BCUT2D eigenvalue weighted by Gasteiger charge is 2.17. The van der Waals surface area contributed by atoms with E-state index in [-0.39, 0.29) is 33.6 Å². The van der Waals surface area contributed by atoms with Crippen LogP contribution < -0.4 is 5.56 Å². The van der Waals surface area contributed by atoms with E-state index in [1.165, 1.54) is 6.92 Å². The van der Waals surface area contributed by atoms with Crippen LogP contribution in [0.1, 0.15) is 31.8 Å². The number of pyridine rings is 1. The molecule has 1 heterocycles. The van der Waals surface area contributed by atoms with Crippen LogP contribution in [0.2, 0.25) is 0 Å². The molecular formula is C15H8N6O6. The fraction of sp³-hybridized carbons (Fsp3) is 0.0667. The second-order valence-electron chi connectivity index (χ2n) is 4.99. The van der Waals surface area contributed by atoms with Crippen LogP contribution in [0.25, 0.3) is 0 Å². The highest BCUT2D eigenvalue weighted by atomic mass is 16.4. The number of nitroso groups, excluding NO2 is 2. The fourth-order valence-corrected chi connectivity index (χ4v) is 2.10. The first-order valence-electron chi connectivity index (χ1n) is 7.01. The summed E-state index contributed by atoms with van der Waals surface area (Å²) in [5.41, 5.74) is -2.35. The lowest BCUT2D eigenvalue weighted by molar-refractivity contribution is 0.0697.